The molecule has 0 fully saturated rings. The van der Waals surface area contributed by atoms with Crippen molar-refractivity contribution < 1.29 is 14.3 Å². The van der Waals surface area contributed by atoms with Crippen LogP contribution in [0.1, 0.15) is 5.56 Å². The lowest BCUT2D eigenvalue weighted by Crippen LogP contribution is -2.19. The fourth-order valence-electron chi connectivity index (χ4n) is 2.57. The Morgan fingerprint density at radius 2 is 1.82 bits per heavy atom. The Labute approximate surface area is 162 Å². The molecular formula is C19H22N6O3. The van der Waals surface area contributed by atoms with Gasteiger partial charge in [-0.15, -0.1) is 5.10 Å². The molecule has 146 valence electrons. The number of tetrazole rings is 1. The van der Waals surface area contributed by atoms with Gasteiger partial charge in [-0.05, 0) is 40.3 Å². The molecule has 3 aromatic rings. The van der Waals surface area contributed by atoms with Gasteiger partial charge in [0.25, 0.3) is 0 Å². The van der Waals surface area contributed by atoms with Gasteiger partial charge in [0.05, 0.1) is 19.8 Å². The van der Waals surface area contributed by atoms with E-state index in [1.54, 1.807) is 24.9 Å². The largest absolute Gasteiger partial charge is 0.382 e. The van der Waals surface area contributed by atoms with Gasteiger partial charge >= 0.3 is 6.03 Å². The van der Waals surface area contributed by atoms with E-state index in [4.69, 9.17) is 9.47 Å². The minimum Gasteiger partial charge on any atom is -0.382 e. The van der Waals surface area contributed by atoms with E-state index < -0.39 is 0 Å². The van der Waals surface area contributed by atoms with Gasteiger partial charge in [-0.1, -0.05) is 24.3 Å². The van der Waals surface area contributed by atoms with Crippen LogP contribution in [0, 0.1) is 0 Å². The number of carbonyl (C=O) groups is 1. The Bertz CT molecular complexity index is 927. The predicted molar refractivity (Wildman–Crippen MR) is 105 cm³/mol. The average molecular weight is 382 g/mol. The molecule has 28 heavy (non-hydrogen) atoms. The molecule has 0 radical (unpaired) electrons. The van der Waals surface area contributed by atoms with Crippen molar-refractivity contribution in [1.82, 2.24) is 20.2 Å². The van der Waals surface area contributed by atoms with Crippen LogP contribution in [0.15, 0.2) is 48.5 Å². The summed E-state index contributed by atoms with van der Waals surface area (Å²) in [6, 6.07) is 14.5. The summed E-state index contributed by atoms with van der Waals surface area (Å²) >= 11 is 0. The number of methoxy groups -OCH3 is 1. The molecule has 2 aromatic carbocycles. The molecule has 0 unspecified atom stereocenters. The standard InChI is InChI=1S/C19H22N6O3/c1-25-18(22-23-24-25)15-6-4-8-17(12-15)21-19(26)20-16-7-3-5-14(11-16)13-28-10-9-27-2/h3-8,11-12H,9-10,13H2,1-2H3,(H2,20,21,26). The Hall–Kier alpha value is -3.30. The van der Waals surface area contributed by atoms with Crippen LogP contribution >= 0.6 is 0 Å². The molecule has 0 aliphatic carbocycles. The van der Waals surface area contributed by atoms with E-state index in [0.717, 1.165) is 11.1 Å². The van der Waals surface area contributed by atoms with Crippen LogP contribution in [0.4, 0.5) is 16.2 Å². The number of aromatic nitrogens is 4. The third-order valence-corrected chi connectivity index (χ3v) is 3.88. The number of anilines is 2. The van der Waals surface area contributed by atoms with Crippen LogP contribution in [-0.4, -0.2) is 46.6 Å². The van der Waals surface area contributed by atoms with E-state index in [0.29, 0.717) is 37.0 Å². The number of urea groups is 1. The summed E-state index contributed by atoms with van der Waals surface area (Å²) in [5.74, 6) is 0.616. The highest BCUT2D eigenvalue weighted by Gasteiger charge is 2.08. The van der Waals surface area contributed by atoms with E-state index in [-0.39, 0.29) is 6.03 Å². The van der Waals surface area contributed by atoms with Crippen molar-refractivity contribution in [3.63, 3.8) is 0 Å². The minimum atomic E-state index is -0.342. The summed E-state index contributed by atoms with van der Waals surface area (Å²) in [5.41, 5.74) is 3.09. The number of amides is 2. The number of nitrogens with one attached hydrogen (secondary N) is 2. The minimum absolute atomic E-state index is 0.342. The summed E-state index contributed by atoms with van der Waals surface area (Å²) in [7, 11) is 3.39. The molecule has 1 heterocycles. The van der Waals surface area contributed by atoms with Crippen LogP contribution in [0.3, 0.4) is 0 Å². The van der Waals surface area contributed by atoms with E-state index in [1.807, 2.05) is 42.5 Å². The molecule has 1 aromatic heterocycles. The molecule has 0 saturated heterocycles. The fraction of sp³-hybridized carbons (Fsp3) is 0.263. The lowest BCUT2D eigenvalue weighted by Gasteiger charge is -2.10. The van der Waals surface area contributed by atoms with Gasteiger partial charge in [0.2, 0.25) is 0 Å². The van der Waals surface area contributed by atoms with Crippen molar-refractivity contribution in [1.29, 1.82) is 0 Å². The number of ether oxygens (including phenoxy) is 2. The second-order valence-electron chi connectivity index (χ2n) is 6.03. The zero-order chi connectivity index (χ0) is 19.8. The summed E-state index contributed by atoms with van der Waals surface area (Å²) in [6.07, 6.45) is 0. The number of benzene rings is 2. The van der Waals surface area contributed by atoms with Crippen molar-refractivity contribution in [2.24, 2.45) is 7.05 Å². The van der Waals surface area contributed by atoms with Crippen molar-refractivity contribution in [3.05, 3.63) is 54.1 Å². The molecule has 0 saturated carbocycles. The zero-order valence-electron chi connectivity index (χ0n) is 15.8. The number of aryl methyl sites for hydroxylation is 1. The van der Waals surface area contributed by atoms with Crippen LogP contribution < -0.4 is 10.6 Å². The number of hydrogen-bond donors (Lipinski definition) is 2. The molecular weight excluding hydrogens is 360 g/mol. The molecule has 0 aliphatic heterocycles. The molecule has 0 spiro atoms. The van der Waals surface area contributed by atoms with Crippen molar-refractivity contribution in [3.8, 4) is 11.4 Å². The number of rotatable bonds is 8. The first-order valence-corrected chi connectivity index (χ1v) is 8.72. The maximum absolute atomic E-state index is 12.3. The van der Waals surface area contributed by atoms with Crippen LogP contribution in [-0.2, 0) is 23.1 Å². The highest BCUT2D eigenvalue weighted by molar-refractivity contribution is 6.00. The maximum atomic E-state index is 12.3. The Kier molecular flexibility index (Phi) is 6.66. The summed E-state index contributed by atoms with van der Waals surface area (Å²) in [5, 5.41) is 17.1. The average Bonchev–Trinajstić information content (AvgIpc) is 3.12. The van der Waals surface area contributed by atoms with Gasteiger partial charge in [0.15, 0.2) is 5.82 Å². The first-order valence-electron chi connectivity index (χ1n) is 8.72. The van der Waals surface area contributed by atoms with E-state index in [1.165, 1.54) is 0 Å². The maximum Gasteiger partial charge on any atom is 0.323 e. The van der Waals surface area contributed by atoms with E-state index in [9.17, 15) is 4.79 Å². The Morgan fingerprint density at radius 1 is 1.07 bits per heavy atom. The van der Waals surface area contributed by atoms with Gasteiger partial charge in [-0.3, -0.25) is 0 Å². The predicted octanol–water partition coefficient (Wildman–Crippen LogP) is 2.68. The SMILES string of the molecule is COCCOCc1cccc(NC(=O)Nc2cccc(-c3nnnn3C)c2)c1. The smallest absolute Gasteiger partial charge is 0.323 e. The van der Waals surface area contributed by atoms with Gasteiger partial charge in [-0.25, -0.2) is 9.48 Å². The third kappa shape index (κ3) is 5.35. The van der Waals surface area contributed by atoms with Crippen LogP contribution in [0.25, 0.3) is 11.4 Å². The van der Waals surface area contributed by atoms with Crippen LogP contribution in [0.2, 0.25) is 0 Å². The molecule has 3 rings (SSSR count). The van der Waals surface area contributed by atoms with Crippen molar-refractivity contribution in [2.45, 2.75) is 6.61 Å². The lowest BCUT2D eigenvalue weighted by atomic mass is 10.2. The highest BCUT2D eigenvalue weighted by Crippen LogP contribution is 2.20. The van der Waals surface area contributed by atoms with E-state index >= 15 is 0 Å². The van der Waals surface area contributed by atoms with Crippen molar-refractivity contribution >= 4 is 17.4 Å². The third-order valence-electron chi connectivity index (χ3n) is 3.88. The number of hydrogen-bond acceptors (Lipinski definition) is 6. The second-order valence-corrected chi connectivity index (χ2v) is 6.03. The molecule has 0 bridgehead atoms. The first-order chi connectivity index (χ1) is 13.7. The summed E-state index contributed by atoms with van der Waals surface area (Å²) < 4.78 is 12.0. The Balaban J connectivity index is 1.59. The molecule has 0 atom stereocenters. The van der Waals surface area contributed by atoms with E-state index in [2.05, 4.69) is 26.2 Å². The van der Waals surface area contributed by atoms with Gasteiger partial charge in [0.1, 0.15) is 0 Å². The molecule has 2 amide bonds. The molecule has 9 nitrogen and oxygen atoms in total. The van der Waals surface area contributed by atoms with Gasteiger partial charge < -0.3 is 20.1 Å². The van der Waals surface area contributed by atoms with Crippen LogP contribution in [0.5, 0.6) is 0 Å². The zero-order valence-corrected chi connectivity index (χ0v) is 15.8. The quantitative estimate of drug-likeness (QED) is 0.581. The topological polar surface area (TPSA) is 103 Å². The molecule has 0 aliphatic rings. The normalized spacial score (nSPS) is 10.6. The van der Waals surface area contributed by atoms with Gasteiger partial charge in [0, 0.05) is 31.1 Å². The number of carbonyl (C=O) groups excluding carboxylic acids is 1. The monoisotopic (exact) mass is 382 g/mol. The first kappa shape index (κ1) is 19.5. The second kappa shape index (κ2) is 9.58. The lowest BCUT2D eigenvalue weighted by molar-refractivity contribution is 0.0617. The highest BCUT2D eigenvalue weighted by atomic mass is 16.5. The Morgan fingerprint density at radius 3 is 2.54 bits per heavy atom. The van der Waals surface area contributed by atoms with Gasteiger partial charge in [-0.2, -0.15) is 0 Å². The summed E-state index contributed by atoms with van der Waals surface area (Å²) in [4.78, 5) is 12.3. The molecule has 9 heteroatoms. The summed E-state index contributed by atoms with van der Waals surface area (Å²) in [6.45, 7) is 1.52. The number of nitrogens with zero attached hydrogens (tertiary/aromatic N) is 4. The van der Waals surface area contributed by atoms with Crippen molar-refractivity contribution in [2.75, 3.05) is 31.0 Å². The fourth-order valence-corrected chi connectivity index (χ4v) is 2.57. The molecule has 2 N–H and O–H groups in total.